The van der Waals surface area contributed by atoms with Gasteiger partial charge in [0.25, 0.3) is 0 Å². The van der Waals surface area contributed by atoms with Gasteiger partial charge in [0.05, 0.1) is 5.25 Å². The van der Waals surface area contributed by atoms with Gasteiger partial charge in [0.1, 0.15) is 0 Å². The molecule has 0 aromatic heterocycles. The van der Waals surface area contributed by atoms with E-state index in [2.05, 4.69) is 0 Å². The van der Waals surface area contributed by atoms with E-state index in [4.69, 9.17) is 5.73 Å². The zero-order valence-corrected chi connectivity index (χ0v) is 10.1. The second kappa shape index (κ2) is 4.07. The Hall–Kier alpha value is -1.07. The van der Waals surface area contributed by atoms with E-state index >= 15 is 0 Å². The number of rotatable bonds is 4. The molecule has 0 amide bonds. The standard InChI is InChI=1S/C11H16N2O2S/c1-13(16(14,15)10-6-7-10)8-9-4-2-3-5-11(9)12/h2-5,10H,6-8,12H2,1H3. The van der Waals surface area contributed by atoms with Crippen LogP contribution in [-0.2, 0) is 16.6 Å². The van der Waals surface area contributed by atoms with Gasteiger partial charge in [-0.15, -0.1) is 0 Å². The number of sulfonamides is 1. The smallest absolute Gasteiger partial charge is 0.217 e. The summed E-state index contributed by atoms with van der Waals surface area (Å²) >= 11 is 0. The minimum absolute atomic E-state index is 0.164. The van der Waals surface area contributed by atoms with E-state index in [9.17, 15) is 8.42 Å². The predicted molar refractivity (Wildman–Crippen MR) is 64.3 cm³/mol. The molecule has 1 saturated carbocycles. The summed E-state index contributed by atoms with van der Waals surface area (Å²) in [5.74, 6) is 0. The average molecular weight is 240 g/mol. The minimum atomic E-state index is -3.10. The summed E-state index contributed by atoms with van der Waals surface area (Å²) in [6.45, 7) is 0.353. The van der Waals surface area contributed by atoms with Gasteiger partial charge < -0.3 is 5.73 Å². The molecule has 0 radical (unpaired) electrons. The Bertz CT molecular complexity index is 481. The molecule has 5 heteroatoms. The van der Waals surface area contributed by atoms with Crippen LogP contribution in [0.3, 0.4) is 0 Å². The first-order valence-corrected chi connectivity index (χ1v) is 6.80. The van der Waals surface area contributed by atoms with Crippen molar-refractivity contribution < 1.29 is 8.42 Å². The number of hydrogen-bond donors (Lipinski definition) is 1. The number of para-hydroxylation sites is 1. The van der Waals surface area contributed by atoms with Gasteiger partial charge in [0.2, 0.25) is 10.0 Å². The molecule has 1 fully saturated rings. The third kappa shape index (κ3) is 2.20. The fourth-order valence-electron chi connectivity index (χ4n) is 1.63. The molecule has 0 atom stereocenters. The van der Waals surface area contributed by atoms with Crippen LogP contribution in [0.1, 0.15) is 18.4 Å². The third-order valence-corrected chi connectivity index (χ3v) is 5.14. The normalized spacial score (nSPS) is 16.6. The molecule has 2 rings (SSSR count). The minimum Gasteiger partial charge on any atom is -0.398 e. The first-order valence-electron chi connectivity index (χ1n) is 5.30. The molecule has 4 nitrogen and oxygen atoms in total. The second-order valence-corrected chi connectivity index (χ2v) is 6.52. The first kappa shape index (κ1) is 11.4. The van der Waals surface area contributed by atoms with Crippen LogP contribution >= 0.6 is 0 Å². The SMILES string of the molecule is CN(Cc1ccccc1N)S(=O)(=O)C1CC1. The van der Waals surface area contributed by atoms with Gasteiger partial charge in [-0.2, -0.15) is 0 Å². The third-order valence-electron chi connectivity index (χ3n) is 2.83. The van der Waals surface area contributed by atoms with Crippen LogP contribution in [-0.4, -0.2) is 25.0 Å². The molecule has 0 bridgehead atoms. The summed E-state index contributed by atoms with van der Waals surface area (Å²) in [4.78, 5) is 0. The summed E-state index contributed by atoms with van der Waals surface area (Å²) in [6, 6.07) is 7.35. The Morgan fingerprint density at radius 2 is 2.00 bits per heavy atom. The molecular weight excluding hydrogens is 224 g/mol. The molecule has 0 saturated heterocycles. The summed E-state index contributed by atoms with van der Waals surface area (Å²) in [5, 5.41) is -0.164. The van der Waals surface area contributed by atoms with E-state index in [1.807, 2.05) is 18.2 Å². The van der Waals surface area contributed by atoms with Crippen molar-refractivity contribution in [2.75, 3.05) is 12.8 Å². The lowest BCUT2D eigenvalue weighted by atomic mass is 10.2. The molecule has 2 N–H and O–H groups in total. The van der Waals surface area contributed by atoms with Crippen LogP contribution in [0.25, 0.3) is 0 Å². The molecule has 16 heavy (non-hydrogen) atoms. The Kier molecular flexibility index (Phi) is 2.90. The summed E-state index contributed by atoms with van der Waals surface area (Å²) in [5.41, 5.74) is 7.28. The van der Waals surface area contributed by atoms with Gasteiger partial charge >= 0.3 is 0 Å². The van der Waals surface area contributed by atoms with Gasteiger partial charge in [-0.1, -0.05) is 18.2 Å². The van der Waals surface area contributed by atoms with Crippen molar-refractivity contribution in [2.24, 2.45) is 0 Å². The van der Waals surface area contributed by atoms with Gasteiger partial charge in [0, 0.05) is 19.3 Å². The highest BCUT2D eigenvalue weighted by molar-refractivity contribution is 7.90. The summed E-state index contributed by atoms with van der Waals surface area (Å²) in [7, 11) is -1.49. The number of nitrogens with zero attached hydrogens (tertiary/aromatic N) is 1. The van der Waals surface area contributed by atoms with Crippen LogP contribution in [0.15, 0.2) is 24.3 Å². The Labute approximate surface area is 96.1 Å². The molecule has 1 aromatic carbocycles. The van der Waals surface area contributed by atoms with Crippen LogP contribution in [0, 0.1) is 0 Å². The molecule has 0 unspecified atom stereocenters. The number of anilines is 1. The molecule has 0 aliphatic heterocycles. The fraction of sp³-hybridized carbons (Fsp3) is 0.455. The first-order chi connectivity index (χ1) is 7.51. The number of hydrogen-bond acceptors (Lipinski definition) is 3. The quantitative estimate of drug-likeness (QED) is 0.804. The zero-order chi connectivity index (χ0) is 11.8. The Balaban J connectivity index is 2.13. The maximum atomic E-state index is 11.9. The van der Waals surface area contributed by atoms with E-state index in [1.54, 1.807) is 13.1 Å². The van der Waals surface area contributed by atoms with Crippen molar-refractivity contribution in [1.29, 1.82) is 0 Å². The second-order valence-electron chi connectivity index (χ2n) is 4.20. The number of benzene rings is 1. The predicted octanol–water partition coefficient (Wildman–Crippen LogP) is 1.19. The molecule has 0 heterocycles. The monoisotopic (exact) mass is 240 g/mol. The van der Waals surface area contributed by atoms with Crippen molar-refractivity contribution in [3.8, 4) is 0 Å². The van der Waals surface area contributed by atoms with Crippen molar-refractivity contribution in [3.63, 3.8) is 0 Å². The van der Waals surface area contributed by atoms with E-state index in [0.717, 1.165) is 18.4 Å². The number of nitrogen functional groups attached to an aromatic ring is 1. The lowest BCUT2D eigenvalue weighted by Gasteiger charge is -2.17. The molecular formula is C11H16N2O2S. The van der Waals surface area contributed by atoms with Gasteiger partial charge in [-0.3, -0.25) is 0 Å². The largest absolute Gasteiger partial charge is 0.398 e. The maximum Gasteiger partial charge on any atom is 0.217 e. The van der Waals surface area contributed by atoms with Crippen LogP contribution < -0.4 is 5.73 Å². The highest BCUT2D eigenvalue weighted by atomic mass is 32.2. The van der Waals surface area contributed by atoms with Gasteiger partial charge in [0.15, 0.2) is 0 Å². The van der Waals surface area contributed by atoms with E-state index in [-0.39, 0.29) is 5.25 Å². The van der Waals surface area contributed by atoms with Gasteiger partial charge in [-0.25, -0.2) is 12.7 Å². The summed E-state index contributed by atoms with van der Waals surface area (Å²) in [6.07, 6.45) is 1.58. The summed E-state index contributed by atoms with van der Waals surface area (Å²) < 4.78 is 25.2. The molecule has 1 aromatic rings. The van der Waals surface area contributed by atoms with Crippen LogP contribution in [0.2, 0.25) is 0 Å². The van der Waals surface area contributed by atoms with Gasteiger partial charge in [-0.05, 0) is 24.5 Å². The highest BCUT2D eigenvalue weighted by Gasteiger charge is 2.38. The topological polar surface area (TPSA) is 63.4 Å². The Morgan fingerprint density at radius 1 is 1.38 bits per heavy atom. The molecule has 0 spiro atoms. The van der Waals surface area contributed by atoms with E-state index in [1.165, 1.54) is 4.31 Å². The fourth-order valence-corrected chi connectivity index (χ4v) is 3.19. The zero-order valence-electron chi connectivity index (χ0n) is 9.26. The molecule has 88 valence electrons. The lowest BCUT2D eigenvalue weighted by molar-refractivity contribution is 0.466. The maximum absolute atomic E-state index is 11.9. The van der Waals surface area contributed by atoms with Crippen molar-refractivity contribution in [3.05, 3.63) is 29.8 Å². The van der Waals surface area contributed by atoms with E-state index < -0.39 is 10.0 Å². The highest BCUT2D eigenvalue weighted by Crippen LogP contribution is 2.31. The van der Waals surface area contributed by atoms with Crippen molar-refractivity contribution in [1.82, 2.24) is 4.31 Å². The number of nitrogens with two attached hydrogens (primary N) is 1. The van der Waals surface area contributed by atoms with E-state index in [0.29, 0.717) is 12.2 Å². The van der Waals surface area contributed by atoms with Crippen LogP contribution in [0.4, 0.5) is 5.69 Å². The Morgan fingerprint density at radius 3 is 2.56 bits per heavy atom. The molecule has 1 aliphatic carbocycles. The lowest BCUT2D eigenvalue weighted by Crippen LogP contribution is -2.29. The van der Waals surface area contributed by atoms with Crippen LogP contribution in [0.5, 0.6) is 0 Å². The van der Waals surface area contributed by atoms with Crippen molar-refractivity contribution >= 4 is 15.7 Å². The van der Waals surface area contributed by atoms with Crippen molar-refractivity contribution in [2.45, 2.75) is 24.6 Å². The molecule has 1 aliphatic rings. The average Bonchev–Trinajstić information content (AvgIpc) is 3.04.